The van der Waals surface area contributed by atoms with Crippen LogP contribution in [0.3, 0.4) is 0 Å². The Balaban J connectivity index is 2.25. The van der Waals surface area contributed by atoms with Crippen LogP contribution in [0.4, 0.5) is 0 Å². The van der Waals surface area contributed by atoms with Gasteiger partial charge in [-0.2, -0.15) is 0 Å². The second kappa shape index (κ2) is 5.08. The number of aliphatic hydroxyl groups is 1. The van der Waals surface area contributed by atoms with Gasteiger partial charge in [0.1, 0.15) is 5.82 Å². The zero-order chi connectivity index (χ0) is 12.4. The molecule has 5 nitrogen and oxygen atoms in total. The van der Waals surface area contributed by atoms with Gasteiger partial charge in [0.2, 0.25) is 0 Å². The Morgan fingerprint density at radius 2 is 2.35 bits per heavy atom. The Labute approximate surface area is 102 Å². The number of aliphatic hydroxyl groups excluding tert-OH is 1. The molecule has 1 aromatic heterocycles. The molecule has 1 aliphatic heterocycles. The Bertz CT molecular complexity index is 396. The normalized spacial score (nSPS) is 22.9. The average molecular weight is 236 g/mol. The lowest BCUT2D eigenvalue weighted by Gasteiger charge is -2.14. The van der Waals surface area contributed by atoms with Gasteiger partial charge < -0.3 is 15.7 Å². The van der Waals surface area contributed by atoms with E-state index in [4.69, 9.17) is 10.8 Å². The maximum absolute atomic E-state index is 9.06. The largest absolute Gasteiger partial charge is 0.394 e. The zero-order valence-corrected chi connectivity index (χ0v) is 10.4. The summed E-state index contributed by atoms with van der Waals surface area (Å²) in [5.74, 6) is 1.02. The monoisotopic (exact) mass is 236 g/mol. The fraction of sp³-hybridized carbons (Fsp3) is 0.667. The molecule has 2 unspecified atom stereocenters. The van der Waals surface area contributed by atoms with Crippen LogP contribution in [0, 0.1) is 6.92 Å². The smallest absolute Gasteiger partial charge is 0.147 e. The van der Waals surface area contributed by atoms with E-state index in [1.54, 1.807) is 0 Å². The average Bonchev–Trinajstić information content (AvgIpc) is 2.74. The van der Waals surface area contributed by atoms with Crippen molar-refractivity contribution in [2.75, 3.05) is 26.7 Å². The van der Waals surface area contributed by atoms with E-state index >= 15 is 0 Å². The van der Waals surface area contributed by atoms with Gasteiger partial charge in [-0.15, -0.1) is 0 Å². The highest BCUT2D eigenvalue weighted by Crippen LogP contribution is 2.25. The Morgan fingerprint density at radius 1 is 1.59 bits per heavy atom. The Morgan fingerprint density at radius 3 is 2.94 bits per heavy atom. The molecule has 0 amide bonds. The van der Waals surface area contributed by atoms with E-state index in [1.165, 1.54) is 0 Å². The molecule has 1 aliphatic rings. The standard InChI is InChI=1S/C12H20N4O/c1-8-5-11(9-3-4-16(2)6-9)15-12(14-8)10(13)7-17/h5,9-10,17H,3-4,6-7,13H2,1-2H3. The Kier molecular flexibility index (Phi) is 3.71. The van der Waals surface area contributed by atoms with Crippen molar-refractivity contribution in [3.63, 3.8) is 0 Å². The molecule has 3 N–H and O–H groups in total. The van der Waals surface area contributed by atoms with Gasteiger partial charge in [-0.3, -0.25) is 0 Å². The second-order valence-electron chi connectivity index (χ2n) is 4.83. The van der Waals surface area contributed by atoms with Crippen molar-refractivity contribution in [1.29, 1.82) is 0 Å². The molecular formula is C12H20N4O. The van der Waals surface area contributed by atoms with Crippen molar-refractivity contribution in [1.82, 2.24) is 14.9 Å². The highest BCUT2D eigenvalue weighted by molar-refractivity contribution is 5.17. The molecule has 0 bridgehead atoms. The summed E-state index contributed by atoms with van der Waals surface area (Å²) in [6.45, 7) is 3.96. The molecule has 17 heavy (non-hydrogen) atoms. The van der Waals surface area contributed by atoms with Crippen LogP contribution in [-0.4, -0.2) is 46.7 Å². The lowest BCUT2D eigenvalue weighted by Crippen LogP contribution is -2.20. The highest BCUT2D eigenvalue weighted by Gasteiger charge is 2.23. The summed E-state index contributed by atoms with van der Waals surface area (Å²) in [4.78, 5) is 11.1. The quantitative estimate of drug-likeness (QED) is 0.784. The lowest BCUT2D eigenvalue weighted by atomic mass is 10.0. The third-order valence-electron chi connectivity index (χ3n) is 3.23. The van der Waals surface area contributed by atoms with Gasteiger partial charge in [0, 0.05) is 23.9 Å². The molecule has 0 radical (unpaired) electrons. The van der Waals surface area contributed by atoms with Crippen molar-refractivity contribution < 1.29 is 5.11 Å². The molecule has 2 heterocycles. The van der Waals surface area contributed by atoms with Crippen molar-refractivity contribution >= 4 is 0 Å². The predicted molar refractivity (Wildman–Crippen MR) is 65.6 cm³/mol. The first-order chi connectivity index (χ1) is 8.10. The molecule has 5 heteroatoms. The molecule has 0 aliphatic carbocycles. The number of aromatic nitrogens is 2. The molecule has 1 fully saturated rings. The highest BCUT2D eigenvalue weighted by atomic mass is 16.3. The minimum atomic E-state index is -0.479. The van der Waals surface area contributed by atoms with E-state index in [2.05, 4.69) is 21.9 Å². The summed E-state index contributed by atoms with van der Waals surface area (Å²) in [7, 11) is 2.12. The number of nitrogens with two attached hydrogens (primary N) is 1. The number of nitrogens with zero attached hydrogens (tertiary/aromatic N) is 3. The summed E-state index contributed by atoms with van der Waals surface area (Å²) >= 11 is 0. The maximum atomic E-state index is 9.06. The molecular weight excluding hydrogens is 216 g/mol. The number of hydrogen-bond acceptors (Lipinski definition) is 5. The van der Waals surface area contributed by atoms with Gasteiger partial charge in [-0.25, -0.2) is 9.97 Å². The van der Waals surface area contributed by atoms with Crippen LogP contribution in [0.5, 0.6) is 0 Å². The van der Waals surface area contributed by atoms with Crippen molar-refractivity contribution in [2.45, 2.75) is 25.3 Å². The number of likely N-dealkylation sites (N-methyl/N-ethyl adjacent to an activating group) is 1. The molecule has 94 valence electrons. The van der Waals surface area contributed by atoms with Gasteiger partial charge in [-0.1, -0.05) is 0 Å². The Hall–Kier alpha value is -1.04. The van der Waals surface area contributed by atoms with Crippen LogP contribution >= 0.6 is 0 Å². The van der Waals surface area contributed by atoms with Crippen molar-refractivity contribution in [2.24, 2.45) is 5.73 Å². The van der Waals surface area contributed by atoms with E-state index in [1.807, 2.05) is 13.0 Å². The number of hydrogen-bond donors (Lipinski definition) is 2. The summed E-state index contributed by atoms with van der Waals surface area (Å²) in [5.41, 5.74) is 7.75. The minimum Gasteiger partial charge on any atom is -0.394 e. The van der Waals surface area contributed by atoms with Gasteiger partial charge in [-0.05, 0) is 33.0 Å². The topological polar surface area (TPSA) is 75.3 Å². The first-order valence-electron chi connectivity index (χ1n) is 6.00. The molecule has 0 aromatic carbocycles. The van der Waals surface area contributed by atoms with Gasteiger partial charge in [0.15, 0.2) is 0 Å². The predicted octanol–water partition coefficient (Wildman–Crippen LogP) is 0.196. The summed E-state index contributed by atoms with van der Waals surface area (Å²) in [5, 5.41) is 9.06. The van der Waals surface area contributed by atoms with E-state index in [9.17, 15) is 0 Å². The lowest BCUT2D eigenvalue weighted by molar-refractivity contribution is 0.263. The van der Waals surface area contributed by atoms with Crippen LogP contribution in [-0.2, 0) is 0 Å². The van der Waals surface area contributed by atoms with Crippen LogP contribution in [0.1, 0.15) is 35.6 Å². The van der Waals surface area contributed by atoms with E-state index in [-0.39, 0.29) is 6.61 Å². The molecule has 2 rings (SSSR count). The number of rotatable bonds is 3. The molecule has 2 atom stereocenters. The number of aryl methyl sites for hydroxylation is 1. The van der Waals surface area contributed by atoms with Crippen LogP contribution in [0.2, 0.25) is 0 Å². The molecule has 1 aromatic rings. The van der Waals surface area contributed by atoms with Gasteiger partial charge >= 0.3 is 0 Å². The van der Waals surface area contributed by atoms with Crippen LogP contribution < -0.4 is 5.73 Å². The van der Waals surface area contributed by atoms with Crippen LogP contribution in [0.15, 0.2) is 6.07 Å². The summed E-state index contributed by atoms with van der Waals surface area (Å²) < 4.78 is 0. The maximum Gasteiger partial charge on any atom is 0.147 e. The fourth-order valence-corrected chi connectivity index (χ4v) is 2.25. The summed E-state index contributed by atoms with van der Waals surface area (Å²) in [6, 6.07) is 1.55. The zero-order valence-electron chi connectivity index (χ0n) is 10.4. The molecule has 0 spiro atoms. The van der Waals surface area contributed by atoms with E-state index in [0.717, 1.165) is 30.9 Å². The van der Waals surface area contributed by atoms with E-state index in [0.29, 0.717) is 11.7 Å². The fourth-order valence-electron chi connectivity index (χ4n) is 2.25. The van der Waals surface area contributed by atoms with Gasteiger partial charge in [0.25, 0.3) is 0 Å². The third-order valence-corrected chi connectivity index (χ3v) is 3.23. The van der Waals surface area contributed by atoms with Crippen molar-refractivity contribution in [3.8, 4) is 0 Å². The second-order valence-corrected chi connectivity index (χ2v) is 4.83. The van der Waals surface area contributed by atoms with Crippen molar-refractivity contribution in [3.05, 3.63) is 23.3 Å². The molecule has 0 saturated carbocycles. The van der Waals surface area contributed by atoms with E-state index < -0.39 is 6.04 Å². The molecule has 1 saturated heterocycles. The third kappa shape index (κ3) is 2.80. The van der Waals surface area contributed by atoms with Gasteiger partial charge in [0.05, 0.1) is 12.6 Å². The van der Waals surface area contributed by atoms with Crippen LogP contribution in [0.25, 0.3) is 0 Å². The first kappa shape index (κ1) is 12.4. The summed E-state index contributed by atoms with van der Waals surface area (Å²) in [6.07, 6.45) is 1.13. The minimum absolute atomic E-state index is 0.118. The SMILES string of the molecule is Cc1cc(C2CCN(C)C2)nc(C(N)CO)n1. The first-order valence-corrected chi connectivity index (χ1v) is 6.00. The number of likely N-dealkylation sites (tertiary alicyclic amines) is 1.